The van der Waals surface area contributed by atoms with Crippen LogP contribution in [-0.4, -0.2) is 17.5 Å². The van der Waals surface area contributed by atoms with Gasteiger partial charge in [0.25, 0.3) is 10.0 Å². The molecule has 1 aliphatic carbocycles. The number of benzene rings is 2. The molecule has 0 bridgehead atoms. The number of rotatable bonds is 2. The Hall–Kier alpha value is -2.37. The van der Waals surface area contributed by atoms with Gasteiger partial charge in [-0.05, 0) is 37.1 Å². The van der Waals surface area contributed by atoms with Gasteiger partial charge in [0.2, 0.25) is 0 Å². The van der Waals surface area contributed by atoms with E-state index in [0.29, 0.717) is 23.2 Å². The molecule has 0 fully saturated rings. The highest BCUT2D eigenvalue weighted by molar-refractivity contribution is 7.90. The van der Waals surface area contributed by atoms with E-state index in [4.69, 9.17) is 0 Å². The van der Waals surface area contributed by atoms with Gasteiger partial charge in [-0.3, -0.25) is 0 Å². The van der Waals surface area contributed by atoms with E-state index in [1.807, 2.05) is 30.4 Å². The average molecular weight is 339 g/mol. The summed E-state index contributed by atoms with van der Waals surface area (Å²) in [6, 6.07) is 15.7. The lowest BCUT2D eigenvalue weighted by Gasteiger charge is -2.11. The van der Waals surface area contributed by atoms with Gasteiger partial charge in [-0.1, -0.05) is 42.5 Å². The summed E-state index contributed by atoms with van der Waals surface area (Å²) in [7, 11) is -3.75. The van der Waals surface area contributed by atoms with Gasteiger partial charge in [-0.15, -0.1) is 0 Å². The highest BCUT2D eigenvalue weighted by atomic mass is 32.2. The summed E-state index contributed by atoms with van der Waals surface area (Å²) in [5, 5.41) is 11.3. The molecule has 1 unspecified atom stereocenters. The standard InChI is InChI=1S/C19H17NO3S/c21-18-13-7-6-12-17-19(18)15-10-4-5-11-16(15)20(17)24(22,23)14-8-2-1-3-9-14/h1-6,8-12,18,21H,7,13H2. The van der Waals surface area contributed by atoms with Crippen molar-refractivity contribution in [1.29, 1.82) is 0 Å². The Bertz CT molecular complexity index is 1030. The Morgan fingerprint density at radius 1 is 1.00 bits per heavy atom. The summed E-state index contributed by atoms with van der Waals surface area (Å²) in [6.07, 6.45) is 4.36. The van der Waals surface area contributed by atoms with Crippen LogP contribution in [0.3, 0.4) is 0 Å². The second-order valence-electron chi connectivity index (χ2n) is 5.89. The molecule has 1 N–H and O–H groups in total. The van der Waals surface area contributed by atoms with Crippen LogP contribution in [-0.2, 0) is 10.0 Å². The second-order valence-corrected chi connectivity index (χ2v) is 7.68. The normalized spacial score (nSPS) is 17.6. The molecule has 1 aromatic heterocycles. The summed E-state index contributed by atoms with van der Waals surface area (Å²) in [5.41, 5.74) is 1.83. The summed E-state index contributed by atoms with van der Waals surface area (Å²) >= 11 is 0. The third-order valence-corrected chi connectivity index (χ3v) is 6.15. The fourth-order valence-electron chi connectivity index (χ4n) is 3.31. The van der Waals surface area contributed by atoms with Crippen LogP contribution < -0.4 is 0 Å². The van der Waals surface area contributed by atoms with E-state index < -0.39 is 16.1 Å². The summed E-state index contributed by atoms with van der Waals surface area (Å²) in [5.74, 6) is 0. The predicted octanol–water partition coefficient (Wildman–Crippen LogP) is 3.72. The van der Waals surface area contributed by atoms with Gasteiger partial charge < -0.3 is 5.11 Å². The van der Waals surface area contributed by atoms with Crippen LogP contribution in [0.5, 0.6) is 0 Å². The van der Waals surface area contributed by atoms with Gasteiger partial charge in [-0.25, -0.2) is 12.4 Å². The maximum absolute atomic E-state index is 13.2. The van der Waals surface area contributed by atoms with Crippen LogP contribution in [0.15, 0.2) is 65.6 Å². The molecule has 3 aromatic rings. The zero-order chi connectivity index (χ0) is 16.7. The molecule has 1 aliphatic rings. The fraction of sp³-hybridized carbons (Fsp3) is 0.158. The molecule has 1 heterocycles. The van der Waals surface area contributed by atoms with Crippen molar-refractivity contribution in [2.75, 3.05) is 0 Å². The molecule has 1 atom stereocenters. The molecule has 0 amide bonds. The van der Waals surface area contributed by atoms with Crippen LogP contribution in [0.4, 0.5) is 0 Å². The van der Waals surface area contributed by atoms with Crippen molar-refractivity contribution in [3.05, 3.63) is 71.9 Å². The van der Waals surface area contributed by atoms with E-state index in [2.05, 4.69) is 0 Å². The lowest BCUT2D eigenvalue weighted by molar-refractivity contribution is 0.171. The first-order valence-corrected chi connectivity index (χ1v) is 9.33. The fourth-order valence-corrected chi connectivity index (χ4v) is 4.86. The van der Waals surface area contributed by atoms with E-state index in [-0.39, 0.29) is 4.90 Å². The van der Waals surface area contributed by atoms with Gasteiger partial charge in [0, 0.05) is 10.9 Å². The molecule has 24 heavy (non-hydrogen) atoms. The van der Waals surface area contributed by atoms with E-state index in [1.54, 1.807) is 36.4 Å². The van der Waals surface area contributed by atoms with Crippen LogP contribution in [0.25, 0.3) is 17.0 Å². The SMILES string of the molecule is O=S(=O)(c1ccccc1)n1c2c(c3ccccc31)C(O)CCC=C2. The summed E-state index contributed by atoms with van der Waals surface area (Å²) in [4.78, 5) is 0.237. The van der Waals surface area contributed by atoms with Crippen molar-refractivity contribution in [1.82, 2.24) is 3.97 Å². The Morgan fingerprint density at radius 3 is 2.50 bits per heavy atom. The van der Waals surface area contributed by atoms with Crippen molar-refractivity contribution in [3.8, 4) is 0 Å². The number of allylic oxidation sites excluding steroid dienone is 1. The Morgan fingerprint density at radius 2 is 1.71 bits per heavy atom. The summed E-state index contributed by atoms with van der Waals surface area (Å²) < 4.78 is 27.9. The van der Waals surface area contributed by atoms with Crippen molar-refractivity contribution >= 4 is 27.0 Å². The number of nitrogens with zero attached hydrogens (tertiary/aromatic N) is 1. The van der Waals surface area contributed by atoms with E-state index in [9.17, 15) is 13.5 Å². The van der Waals surface area contributed by atoms with E-state index in [1.165, 1.54) is 3.97 Å². The first kappa shape index (κ1) is 15.2. The van der Waals surface area contributed by atoms with Gasteiger partial charge >= 0.3 is 0 Å². The van der Waals surface area contributed by atoms with Gasteiger partial charge in [-0.2, -0.15) is 0 Å². The number of para-hydroxylation sites is 1. The molecule has 0 aliphatic heterocycles. The van der Waals surface area contributed by atoms with E-state index >= 15 is 0 Å². The topological polar surface area (TPSA) is 59.3 Å². The van der Waals surface area contributed by atoms with Crippen molar-refractivity contribution in [3.63, 3.8) is 0 Å². The second kappa shape index (κ2) is 5.61. The molecular formula is C19H17NO3S. The third kappa shape index (κ3) is 2.20. The molecule has 0 radical (unpaired) electrons. The quantitative estimate of drug-likeness (QED) is 0.774. The molecule has 4 rings (SSSR count). The molecule has 5 heteroatoms. The van der Waals surface area contributed by atoms with Gasteiger partial charge in [0.05, 0.1) is 22.2 Å². The van der Waals surface area contributed by atoms with Crippen LogP contribution >= 0.6 is 0 Å². The lowest BCUT2D eigenvalue weighted by Crippen LogP contribution is -2.14. The van der Waals surface area contributed by atoms with Crippen molar-refractivity contribution < 1.29 is 13.5 Å². The molecule has 4 nitrogen and oxygen atoms in total. The largest absolute Gasteiger partial charge is 0.388 e. The number of fused-ring (bicyclic) bond motifs is 3. The molecule has 0 spiro atoms. The highest BCUT2D eigenvalue weighted by Gasteiger charge is 2.28. The molecule has 0 saturated heterocycles. The molecular weight excluding hydrogens is 322 g/mol. The molecule has 122 valence electrons. The first-order chi connectivity index (χ1) is 11.6. The molecule has 2 aromatic carbocycles. The Balaban J connectivity index is 2.12. The maximum Gasteiger partial charge on any atom is 0.268 e. The third-order valence-electron chi connectivity index (χ3n) is 4.40. The number of hydrogen-bond donors (Lipinski definition) is 1. The van der Waals surface area contributed by atoms with Gasteiger partial charge in [0.1, 0.15) is 0 Å². The minimum atomic E-state index is -3.75. The van der Waals surface area contributed by atoms with Crippen LogP contribution in [0, 0.1) is 0 Å². The predicted molar refractivity (Wildman–Crippen MR) is 94.2 cm³/mol. The molecule has 0 saturated carbocycles. The zero-order valence-corrected chi connectivity index (χ0v) is 13.8. The first-order valence-electron chi connectivity index (χ1n) is 7.89. The lowest BCUT2D eigenvalue weighted by atomic mass is 10.0. The van der Waals surface area contributed by atoms with Crippen molar-refractivity contribution in [2.45, 2.75) is 23.8 Å². The van der Waals surface area contributed by atoms with E-state index in [0.717, 1.165) is 11.8 Å². The monoisotopic (exact) mass is 339 g/mol. The minimum Gasteiger partial charge on any atom is -0.388 e. The Kier molecular flexibility index (Phi) is 3.55. The number of aliphatic hydroxyl groups is 1. The van der Waals surface area contributed by atoms with Crippen LogP contribution in [0.2, 0.25) is 0 Å². The summed E-state index contributed by atoms with van der Waals surface area (Å²) in [6.45, 7) is 0. The van der Waals surface area contributed by atoms with Crippen LogP contribution in [0.1, 0.15) is 30.2 Å². The number of aliphatic hydroxyl groups excluding tert-OH is 1. The highest BCUT2D eigenvalue weighted by Crippen LogP contribution is 2.38. The Labute approximate surface area is 140 Å². The zero-order valence-electron chi connectivity index (χ0n) is 13.0. The number of hydrogen-bond acceptors (Lipinski definition) is 3. The van der Waals surface area contributed by atoms with Crippen molar-refractivity contribution in [2.24, 2.45) is 0 Å². The number of aromatic nitrogens is 1. The minimum absolute atomic E-state index is 0.237. The average Bonchev–Trinajstić information content (AvgIpc) is 2.82. The maximum atomic E-state index is 13.2. The van der Waals surface area contributed by atoms with Gasteiger partial charge in [0.15, 0.2) is 0 Å². The smallest absolute Gasteiger partial charge is 0.268 e.